The lowest BCUT2D eigenvalue weighted by Gasteiger charge is -2.20. The van der Waals surface area contributed by atoms with Crippen molar-refractivity contribution in [2.75, 3.05) is 13.1 Å². The van der Waals surface area contributed by atoms with Gasteiger partial charge in [-0.25, -0.2) is 0 Å². The van der Waals surface area contributed by atoms with Gasteiger partial charge in [0.25, 0.3) is 0 Å². The molecule has 0 bridgehead atoms. The number of benzene rings is 1. The quantitative estimate of drug-likeness (QED) is 0.821. The summed E-state index contributed by atoms with van der Waals surface area (Å²) in [5.74, 6) is 0.397. The van der Waals surface area contributed by atoms with Crippen LogP contribution in [0.5, 0.6) is 0 Å². The summed E-state index contributed by atoms with van der Waals surface area (Å²) in [7, 11) is 0. The van der Waals surface area contributed by atoms with Gasteiger partial charge in [0.2, 0.25) is 0 Å². The average Bonchev–Trinajstić information content (AvgIpc) is 2.89. The zero-order valence-corrected chi connectivity index (χ0v) is 11.4. The zero-order valence-electron chi connectivity index (χ0n) is 10.6. The minimum absolute atomic E-state index is 0.220. The lowest BCUT2D eigenvalue weighted by molar-refractivity contribution is 0.0722. The number of oxime groups is 1. The van der Waals surface area contributed by atoms with Crippen LogP contribution in [-0.2, 0) is 4.84 Å². The Labute approximate surface area is 112 Å². The van der Waals surface area contributed by atoms with E-state index in [4.69, 9.17) is 16.4 Å². The third kappa shape index (κ3) is 2.02. The Hall–Kier alpha value is -1.06. The molecule has 0 amide bonds. The van der Waals surface area contributed by atoms with Gasteiger partial charge in [0.1, 0.15) is 6.10 Å². The predicted molar refractivity (Wildman–Crippen MR) is 73.1 cm³/mol. The Morgan fingerprint density at radius 2 is 2.00 bits per heavy atom. The smallest absolute Gasteiger partial charge is 0.149 e. The van der Waals surface area contributed by atoms with Crippen molar-refractivity contribution < 1.29 is 4.84 Å². The Bertz CT molecular complexity index is 469. The van der Waals surface area contributed by atoms with Gasteiger partial charge < -0.3 is 4.84 Å². The van der Waals surface area contributed by atoms with Crippen LogP contribution >= 0.6 is 11.6 Å². The number of rotatable bonds is 2. The van der Waals surface area contributed by atoms with Crippen molar-refractivity contribution in [1.82, 2.24) is 4.90 Å². The van der Waals surface area contributed by atoms with Gasteiger partial charge in [-0.2, -0.15) is 0 Å². The Kier molecular flexibility index (Phi) is 3.04. The standard InChI is InChI=1S/C14H17ClN2O/c1-9(2)17-7-12-13(8-17)18-16-14(12)10-3-5-11(15)6-4-10/h3-6,9,12-13H,7-8H2,1-2H3/t12-,13+/m1/s1. The van der Waals surface area contributed by atoms with E-state index in [1.165, 1.54) is 0 Å². The highest BCUT2D eigenvalue weighted by Gasteiger charge is 2.43. The lowest BCUT2D eigenvalue weighted by Crippen LogP contribution is -2.30. The van der Waals surface area contributed by atoms with Gasteiger partial charge in [-0.3, -0.25) is 4.90 Å². The molecule has 2 aliphatic rings. The molecule has 1 saturated heterocycles. The first kappa shape index (κ1) is 12.0. The van der Waals surface area contributed by atoms with Gasteiger partial charge in [0, 0.05) is 24.2 Å². The van der Waals surface area contributed by atoms with E-state index in [1.807, 2.05) is 24.3 Å². The number of halogens is 1. The second-order valence-corrected chi connectivity index (χ2v) is 5.72. The molecule has 3 rings (SSSR count). The van der Waals surface area contributed by atoms with Gasteiger partial charge in [0.05, 0.1) is 11.6 Å². The van der Waals surface area contributed by atoms with Crippen LogP contribution < -0.4 is 0 Å². The maximum atomic E-state index is 5.92. The van der Waals surface area contributed by atoms with Crippen molar-refractivity contribution in [1.29, 1.82) is 0 Å². The summed E-state index contributed by atoms with van der Waals surface area (Å²) in [5, 5.41) is 5.02. The summed E-state index contributed by atoms with van der Waals surface area (Å²) in [4.78, 5) is 8.01. The Balaban J connectivity index is 1.81. The molecular formula is C14H17ClN2O. The molecule has 0 N–H and O–H groups in total. The van der Waals surface area contributed by atoms with E-state index >= 15 is 0 Å². The molecule has 2 atom stereocenters. The van der Waals surface area contributed by atoms with E-state index in [0.29, 0.717) is 12.0 Å². The molecule has 0 radical (unpaired) electrons. The van der Waals surface area contributed by atoms with Gasteiger partial charge in [0.15, 0.2) is 0 Å². The maximum absolute atomic E-state index is 5.92. The number of fused-ring (bicyclic) bond motifs is 1. The first-order chi connectivity index (χ1) is 8.65. The summed E-state index contributed by atoms with van der Waals surface area (Å²) in [6.45, 7) is 6.45. The highest BCUT2D eigenvalue weighted by Crippen LogP contribution is 2.31. The first-order valence-electron chi connectivity index (χ1n) is 6.39. The molecule has 0 saturated carbocycles. The first-order valence-corrected chi connectivity index (χ1v) is 6.76. The molecule has 1 aromatic carbocycles. The van der Waals surface area contributed by atoms with Crippen molar-refractivity contribution in [3.8, 4) is 0 Å². The molecule has 0 spiro atoms. The van der Waals surface area contributed by atoms with Gasteiger partial charge >= 0.3 is 0 Å². The van der Waals surface area contributed by atoms with Crippen LogP contribution in [0.25, 0.3) is 0 Å². The fourth-order valence-corrected chi connectivity index (χ4v) is 2.80. The number of likely N-dealkylation sites (tertiary alicyclic amines) is 1. The lowest BCUT2D eigenvalue weighted by atomic mass is 9.95. The molecule has 4 heteroatoms. The summed E-state index contributed by atoms with van der Waals surface area (Å²) < 4.78 is 0. The van der Waals surface area contributed by atoms with E-state index in [9.17, 15) is 0 Å². The maximum Gasteiger partial charge on any atom is 0.149 e. The monoisotopic (exact) mass is 264 g/mol. The topological polar surface area (TPSA) is 24.8 Å². The largest absolute Gasteiger partial charge is 0.390 e. The van der Waals surface area contributed by atoms with Crippen LogP contribution in [0.1, 0.15) is 19.4 Å². The van der Waals surface area contributed by atoms with E-state index in [2.05, 4.69) is 23.9 Å². The summed E-state index contributed by atoms with van der Waals surface area (Å²) in [6, 6.07) is 8.41. The van der Waals surface area contributed by atoms with Gasteiger partial charge in [-0.05, 0) is 31.5 Å². The molecule has 3 nitrogen and oxygen atoms in total. The number of hydrogen-bond donors (Lipinski definition) is 0. The van der Waals surface area contributed by atoms with Crippen LogP contribution in [0.3, 0.4) is 0 Å². The normalized spacial score (nSPS) is 27.2. The molecule has 1 aromatic rings. The van der Waals surface area contributed by atoms with Crippen molar-refractivity contribution in [3.63, 3.8) is 0 Å². The van der Waals surface area contributed by atoms with E-state index in [1.54, 1.807) is 0 Å². The molecular weight excluding hydrogens is 248 g/mol. The third-order valence-electron chi connectivity index (χ3n) is 3.80. The summed E-state index contributed by atoms with van der Waals surface area (Å²) in [5.41, 5.74) is 2.19. The second kappa shape index (κ2) is 4.56. The molecule has 1 fully saturated rings. The molecule has 96 valence electrons. The molecule has 2 aliphatic heterocycles. The fraction of sp³-hybridized carbons (Fsp3) is 0.500. The van der Waals surface area contributed by atoms with Gasteiger partial charge in [-0.1, -0.05) is 28.9 Å². The van der Waals surface area contributed by atoms with Crippen LogP contribution in [0.4, 0.5) is 0 Å². The minimum Gasteiger partial charge on any atom is -0.390 e. The molecule has 0 aliphatic carbocycles. The van der Waals surface area contributed by atoms with E-state index in [0.717, 1.165) is 29.4 Å². The van der Waals surface area contributed by atoms with E-state index < -0.39 is 0 Å². The molecule has 2 heterocycles. The van der Waals surface area contributed by atoms with Crippen molar-refractivity contribution in [2.45, 2.75) is 26.0 Å². The predicted octanol–water partition coefficient (Wildman–Crippen LogP) is 2.78. The Morgan fingerprint density at radius 1 is 1.28 bits per heavy atom. The molecule has 0 aromatic heterocycles. The van der Waals surface area contributed by atoms with Crippen LogP contribution in [-0.4, -0.2) is 35.8 Å². The van der Waals surface area contributed by atoms with Crippen molar-refractivity contribution in [3.05, 3.63) is 34.9 Å². The fourth-order valence-electron chi connectivity index (χ4n) is 2.67. The Morgan fingerprint density at radius 3 is 2.67 bits per heavy atom. The molecule has 18 heavy (non-hydrogen) atoms. The summed E-state index contributed by atoms with van der Waals surface area (Å²) >= 11 is 5.92. The zero-order chi connectivity index (χ0) is 12.7. The van der Waals surface area contributed by atoms with Crippen LogP contribution in [0, 0.1) is 5.92 Å². The SMILES string of the molecule is CC(C)N1C[C@@H]2ON=C(c3ccc(Cl)cc3)[C@@H]2C1. The minimum atomic E-state index is 0.220. The number of hydrogen-bond acceptors (Lipinski definition) is 3. The van der Waals surface area contributed by atoms with E-state index in [-0.39, 0.29) is 6.10 Å². The number of nitrogens with zero attached hydrogens (tertiary/aromatic N) is 2. The average molecular weight is 265 g/mol. The highest BCUT2D eigenvalue weighted by atomic mass is 35.5. The third-order valence-corrected chi connectivity index (χ3v) is 4.05. The highest BCUT2D eigenvalue weighted by molar-refractivity contribution is 6.30. The van der Waals surface area contributed by atoms with Crippen molar-refractivity contribution >= 4 is 17.3 Å². The molecule has 0 unspecified atom stereocenters. The van der Waals surface area contributed by atoms with Crippen LogP contribution in [0.2, 0.25) is 5.02 Å². The van der Waals surface area contributed by atoms with Crippen LogP contribution in [0.15, 0.2) is 29.4 Å². The van der Waals surface area contributed by atoms with Crippen molar-refractivity contribution in [2.24, 2.45) is 11.1 Å². The second-order valence-electron chi connectivity index (χ2n) is 5.28. The van der Waals surface area contributed by atoms with Gasteiger partial charge in [-0.15, -0.1) is 0 Å². The summed E-state index contributed by atoms with van der Waals surface area (Å²) in [6.07, 6.45) is 0.220.